The zero-order valence-electron chi connectivity index (χ0n) is 14.2. The first-order valence-corrected chi connectivity index (χ1v) is 8.71. The first kappa shape index (κ1) is 17.2. The van der Waals surface area contributed by atoms with Gasteiger partial charge in [-0.3, -0.25) is 0 Å². The molecular weight excluding hydrogens is 264 g/mol. The molecule has 2 unspecified atom stereocenters. The molecule has 1 N–H and O–H groups in total. The molecule has 2 rings (SSSR count). The molecule has 124 valence electrons. The Balaban J connectivity index is 1.84. The highest BCUT2D eigenvalue weighted by Gasteiger charge is 2.34. The minimum atomic E-state index is 0.270. The van der Waals surface area contributed by atoms with Crippen molar-refractivity contribution in [1.82, 2.24) is 10.2 Å². The van der Waals surface area contributed by atoms with Crippen molar-refractivity contribution in [2.75, 3.05) is 46.5 Å². The van der Waals surface area contributed by atoms with Gasteiger partial charge in [0.2, 0.25) is 0 Å². The molecule has 0 aromatic heterocycles. The van der Waals surface area contributed by atoms with Gasteiger partial charge in [-0.2, -0.15) is 0 Å². The minimum absolute atomic E-state index is 0.270. The zero-order valence-corrected chi connectivity index (χ0v) is 14.2. The third-order valence-corrected chi connectivity index (χ3v) is 4.68. The van der Waals surface area contributed by atoms with Gasteiger partial charge >= 0.3 is 0 Å². The Morgan fingerprint density at radius 2 is 2.10 bits per heavy atom. The Labute approximate surface area is 130 Å². The Hall–Kier alpha value is -0.160. The second-order valence-electron chi connectivity index (χ2n) is 7.38. The number of likely N-dealkylation sites (N-methyl/N-ethyl adjacent to an activating group) is 1. The molecule has 0 radical (unpaired) electrons. The van der Waals surface area contributed by atoms with Crippen molar-refractivity contribution in [3.63, 3.8) is 0 Å². The maximum atomic E-state index is 5.88. The minimum Gasteiger partial charge on any atom is -0.381 e. The summed E-state index contributed by atoms with van der Waals surface area (Å²) in [6.45, 7) is 10.4. The largest absolute Gasteiger partial charge is 0.381 e. The number of hydrogen-bond donors (Lipinski definition) is 1. The van der Waals surface area contributed by atoms with E-state index in [9.17, 15) is 0 Å². The molecule has 0 amide bonds. The van der Waals surface area contributed by atoms with Crippen molar-refractivity contribution in [3.8, 4) is 0 Å². The Bertz CT molecular complexity index is 285. The quantitative estimate of drug-likeness (QED) is 0.782. The van der Waals surface area contributed by atoms with Crippen LogP contribution in [0.2, 0.25) is 0 Å². The maximum Gasteiger partial charge on any atom is 0.0701 e. The maximum absolute atomic E-state index is 5.88. The molecule has 0 spiro atoms. The lowest BCUT2D eigenvalue weighted by molar-refractivity contribution is -0.0412. The average Bonchev–Trinajstić information content (AvgIpc) is 2.47. The third-order valence-electron chi connectivity index (χ3n) is 4.68. The lowest BCUT2D eigenvalue weighted by atomic mass is 9.81. The van der Waals surface area contributed by atoms with Crippen LogP contribution in [-0.4, -0.2) is 63.5 Å². The summed E-state index contributed by atoms with van der Waals surface area (Å²) in [7, 11) is 2.24. The molecule has 4 nitrogen and oxygen atoms in total. The number of hydrogen-bond acceptors (Lipinski definition) is 4. The van der Waals surface area contributed by atoms with Crippen LogP contribution < -0.4 is 5.32 Å². The smallest absolute Gasteiger partial charge is 0.0701 e. The van der Waals surface area contributed by atoms with Crippen LogP contribution in [-0.2, 0) is 9.47 Å². The van der Waals surface area contributed by atoms with Gasteiger partial charge in [0, 0.05) is 44.3 Å². The molecule has 0 bridgehead atoms. The van der Waals surface area contributed by atoms with Gasteiger partial charge in [0.1, 0.15) is 0 Å². The van der Waals surface area contributed by atoms with Crippen LogP contribution in [0.25, 0.3) is 0 Å². The van der Waals surface area contributed by atoms with Gasteiger partial charge in [-0.15, -0.1) is 0 Å². The molecule has 2 atom stereocenters. The van der Waals surface area contributed by atoms with Crippen molar-refractivity contribution in [2.24, 2.45) is 5.41 Å². The first-order chi connectivity index (χ1) is 10.1. The second kappa shape index (κ2) is 8.47. The standard InChI is InChI=1S/C17H34N2O2/c1-15(2)18-12-17(8-6-9-20-14-17)13-19(3)11-16-7-4-5-10-21-16/h15-16,18H,4-14H2,1-3H3. The van der Waals surface area contributed by atoms with Crippen LogP contribution in [0.3, 0.4) is 0 Å². The topological polar surface area (TPSA) is 33.7 Å². The first-order valence-electron chi connectivity index (χ1n) is 8.71. The Kier molecular flexibility index (Phi) is 6.93. The fourth-order valence-corrected chi connectivity index (χ4v) is 3.59. The summed E-state index contributed by atoms with van der Waals surface area (Å²) >= 11 is 0. The molecule has 0 saturated carbocycles. The van der Waals surface area contributed by atoms with E-state index in [1.807, 2.05) is 0 Å². The fraction of sp³-hybridized carbons (Fsp3) is 1.00. The highest BCUT2D eigenvalue weighted by atomic mass is 16.5. The van der Waals surface area contributed by atoms with E-state index in [-0.39, 0.29) is 5.41 Å². The lowest BCUT2D eigenvalue weighted by Crippen LogP contribution is -2.50. The van der Waals surface area contributed by atoms with Crippen molar-refractivity contribution >= 4 is 0 Å². The fourth-order valence-electron chi connectivity index (χ4n) is 3.59. The van der Waals surface area contributed by atoms with Crippen LogP contribution in [0.15, 0.2) is 0 Å². The van der Waals surface area contributed by atoms with Crippen molar-refractivity contribution in [1.29, 1.82) is 0 Å². The summed E-state index contributed by atoms with van der Waals surface area (Å²) < 4.78 is 11.7. The SMILES string of the molecule is CC(C)NCC1(CN(C)CC2CCCCO2)CCCOC1. The monoisotopic (exact) mass is 298 g/mol. The second-order valence-corrected chi connectivity index (χ2v) is 7.38. The predicted octanol–water partition coefficient (Wildman–Crippen LogP) is 2.28. The number of ether oxygens (including phenoxy) is 2. The molecular formula is C17H34N2O2. The molecule has 2 aliphatic rings. The molecule has 2 heterocycles. The lowest BCUT2D eigenvalue weighted by Gasteiger charge is -2.41. The van der Waals surface area contributed by atoms with Gasteiger partial charge in [0.05, 0.1) is 12.7 Å². The summed E-state index contributed by atoms with van der Waals surface area (Å²) in [6, 6.07) is 0.538. The number of nitrogens with zero attached hydrogens (tertiary/aromatic N) is 1. The van der Waals surface area contributed by atoms with E-state index >= 15 is 0 Å². The van der Waals surface area contributed by atoms with E-state index in [1.165, 1.54) is 32.1 Å². The van der Waals surface area contributed by atoms with Gasteiger partial charge in [-0.25, -0.2) is 0 Å². The van der Waals surface area contributed by atoms with Gasteiger partial charge < -0.3 is 19.7 Å². The van der Waals surface area contributed by atoms with E-state index in [0.717, 1.165) is 39.5 Å². The van der Waals surface area contributed by atoms with Crippen molar-refractivity contribution in [2.45, 2.75) is 58.1 Å². The molecule has 0 aliphatic carbocycles. The van der Waals surface area contributed by atoms with E-state index < -0.39 is 0 Å². The van der Waals surface area contributed by atoms with Crippen LogP contribution in [0, 0.1) is 5.41 Å². The number of nitrogens with one attached hydrogen (secondary N) is 1. The van der Waals surface area contributed by atoms with E-state index in [2.05, 4.69) is 31.1 Å². The predicted molar refractivity (Wildman–Crippen MR) is 86.7 cm³/mol. The van der Waals surface area contributed by atoms with Crippen LogP contribution in [0.4, 0.5) is 0 Å². The molecule has 2 aliphatic heterocycles. The summed E-state index contributed by atoms with van der Waals surface area (Å²) in [5.74, 6) is 0. The molecule has 2 saturated heterocycles. The molecule has 21 heavy (non-hydrogen) atoms. The summed E-state index contributed by atoms with van der Waals surface area (Å²) in [4.78, 5) is 2.46. The summed E-state index contributed by atoms with van der Waals surface area (Å²) in [5, 5.41) is 3.63. The molecule has 4 heteroatoms. The van der Waals surface area contributed by atoms with E-state index in [1.54, 1.807) is 0 Å². The summed E-state index contributed by atoms with van der Waals surface area (Å²) in [6.07, 6.45) is 6.66. The Morgan fingerprint density at radius 3 is 2.71 bits per heavy atom. The molecule has 0 aromatic carbocycles. The Morgan fingerprint density at radius 1 is 1.24 bits per heavy atom. The molecule has 0 aromatic rings. The summed E-state index contributed by atoms with van der Waals surface area (Å²) in [5.41, 5.74) is 0.270. The van der Waals surface area contributed by atoms with Crippen LogP contribution in [0.5, 0.6) is 0 Å². The van der Waals surface area contributed by atoms with Gasteiger partial charge in [0.25, 0.3) is 0 Å². The van der Waals surface area contributed by atoms with Crippen molar-refractivity contribution < 1.29 is 9.47 Å². The van der Waals surface area contributed by atoms with E-state index in [4.69, 9.17) is 9.47 Å². The third kappa shape index (κ3) is 5.85. The zero-order chi connectivity index (χ0) is 15.1. The average molecular weight is 298 g/mol. The normalized spacial score (nSPS) is 31.0. The van der Waals surface area contributed by atoms with Crippen LogP contribution in [0.1, 0.15) is 46.0 Å². The molecule has 2 fully saturated rings. The highest BCUT2D eigenvalue weighted by Crippen LogP contribution is 2.29. The highest BCUT2D eigenvalue weighted by molar-refractivity contribution is 4.88. The number of rotatable bonds is 7. The van der Waals surface area contributed by atoms with Crippen molar-refractivity contribution in [3.05, 3.63) is 0 Å². The van der Waals surface area contributed by atoms with Gasteiger partial charge in [0.15, 0.2) is 0 Å². The van der Waals surface area contributed by atoms with Crippen LogP contribution >= 0.6 is 0 Å². The van der Waals surface area contributed by atoms with Gasteiger partial charge in [-0.05, 0) is 39.2 Å². The van der Waals surface area contributed by atoms with Gasteiger partial charge in [-0.1, -0.05) is 13.8 Å². The van der Waals surface area contributed by atoms with E-state index in [0.29, 0.717) is 12.1 Å².